The molecule has 0 saturated heterocycles. The summed E-state index contributed by atoms with van der Waals surface area (Å²) >= 11 is 1.19. The molecule has 1 unspecified atom stereocenters. The van der Waals surface area contributed by atoms with E-state index in [4.69, 9.17) is 14.8 Å². The molecule has 0 radical (unpaired) electrons. The molecule has 0 aromatic carbocycles. The molecule has 0 bridgehead atoms. The third-order valence-electron chi connectivity index (χ3n) is 3.29. The summed E-state index contributed by atoms with van der Waals surface area (Å²) in [6, 6.07) is 3.40. The molecule has 0 aliphatic rings. The molecular formula is C14H16N6O3S. The van der Waals surface area contributed by atoms with Crippen LogP contribution in [0.2, 0.25) is 0 Å². The van der Waals surface area contributed by atoms with Gasteiger partial charge in [0, 0.05) is 6.07 Å². The van der Waals surface area contributed by atoms with Crippen molar-refractivity contribution in [2.24, 2.45) is 0 Å². The molecule has 0 aliphatic carbocycles. The van der Waals surface area contributed by atoms with Crippen molar-refractivity contribution in [3.63, 3.8) is 0 Å². The number of amides is 1. The van der Waals surface area contributed by atoms with E-state index in [1.54, 1.807) is 32.2 Å². The molecule has 3 aromatic rings. The van der Waals surface area contributed by atoms with Crippen molar-refractivity contribution in [2.75, 3.05) is 11.2 Å². The monoisotopic (exact) mass is 348 g/mol. The smallest absolute Gasteiger partial charge is 0.238 e. The van der Waals surface area contributed by atoms with E-state index in [2.05, 4.69) is 20.7 Å². The Bertz CT molecular complexity index is 868. The van der Waals surface area contributed by atoms with Crippen molar-refractivity contribution >= 4 is 23.5 Å². The maximum absolute atomic E-state index is 12.2. The molecule has 3 N–H and O–H groups in total. The van der Waals surface area contributed by atoms with Gasteiger partial charge in [0.2, 0.25) is 11.1 Å². The van der Waals surface area contributed by atoms with Gasteiger partial charge in [-0.1, -0.05) is 16.9 Å². The summed E-state index contributed by atoms with van der Waals surface area (Å²) in [6.07, 6.45) is 1.56. The van der Waals surface area contributed by atoms with Gasteiger partial charge in [0.05, 0.1) is 17.1 Å². The average Bonchev–Trinajstić information content (AvgIpc) is 3.22. The van der Waals surface area contributed by atoms with Gasteiger partial charge in [0.1, 0.15) is 11.5 Å². The number of nitrogens with zero attached hydrogens (tertiary/aromatic N) is 4. The predicted molar refractivity (Wildman–Crippen MR) is 87.8 cm³/mol. The molecule has 0 fully saturated rings. The van der Waals surface area contributed by atoms with E-state index in [0.717, 1.165) is 5.56 Å². The number of aryl methyl sites for hydroxylation is 2. The lowest BCUT2D eigenvalue weighted by atomic mass is 10.2. The van der Waals surface area contributed by atoms with E-state index in [1.165, 1.54) is 16.4 Å². The van der Waals surface area contributed by atoms with Crippen LogP contribution >= 0.6 is 11.8 Å². The summed E-state index contributed by atoms with van der Waals surface area (Å²) in [7, 11) is 0. The summed E-state index contributed by atoms with van der Waals surface area (Å²) in [6.45, 7) is 5.30. The van der Waals surface area contributed by atoms with Gasteiger partial charge in [-0.25, -0.2) is 4.68 Å². The Kier molecular flexibility index (Phi) is 4.30. The van der Waals surface area contributed by atoms with Gasteiger partial charge in [-0.2, -0.15) is 0 Å². The number of carbonyl (C=O) groups is 1. The molecule has 24 heavy (non-hydrogen) atoms. The average molecular weight is 348 g/mol. The Morgan fingerprint density at radius 1 is 1.42 bits per heavy atom. The molecular weight excluding hydrogens is 332 g/mol. The predicted octanol–water partition coefficient (Wildman–Crippen LogP) is 1.98. The summed E-state index contributed by atoms with van der Waals surface area (Å²) in [5.74, 6) is 7.95. The Morgan fingerprint density at radius 3 is 2.83 bits per heavy atom. The zero-order chi connectivity index (χ0) is 17.3. The highest BCUT2D eigenvalue weighted by Gasteiger charge is 2.21. The zero-order valence-electron chi connectivity index (χ0n) is 13.3. The molecule has 0 saturated carbocycles. The molecule has 10 heteroatoms. The van der Waals surface area contributed by atoms with Crippen molar-refractivity contribution in [2.45, 2.75) is 31.2 Å². The van der Waals surface area contributed by atoms with Crippen molar-refractivity contribution in [1.82, 2.24) is 20.0 Å². The number of anilines is 1. The fourth-order valence-electron chi connectivity index (χ4n) is 2.02. The molecule has 3 heterocycles. The van der Waals surface area contributed by atoms with Crippen LogP contribution in [0.5, 0.6) is 0 Å². The van der Waals surface area contributed by atoms with Gasteiger partial charge in [0.15, 0.2) is 11.6 Å². The first-order chi connectivity index (χ1) is 11.5. The minimum absolute atomic E-state index is 0.239. The molecule has 9 nitrogen and oxygen atoms in total. The lowest BCUT2D eigenvalue weighted by molar-refractivity contribution is -0.115. The van der Waals surface area contributed by atoms with E-state index in [0.29, 0.717) is 28.3 Å². The Labute approximate surface area is 141 Å². The van der Waals surface area contributed by atoms with Gasteiger partial charge >= 0.3 is 0 Å². The number of hydrogen-bond acceptors (Lipinski definition) is 8. The van der Waals surface area contributed by atoms with Gasteiger partial charge in [-0.05, 0) is 26.8 Å². The maximum atomic E-state index is 12.2. The highest BCUT2D eigenvalue weighted by Crippen LogP contribution is 2.27. The van der Waals surface area contributed by atoms with Gasteiger partial charge in [-0.15, -0.1) is 10.2 Å². The molecule has 3 rings (SSSR count). The van der Waals surface area contributed by atoms with Crippen LogP contribution in [-0.4, -0.2) is 31.2 Å². The molecule has 0 spiro atoms. The van der Waals surface area contributed by atoms with Crippen LogP contribution in [0.25, 0.3) is 11.4 Å². The first-order valence-corrected chi connectivity index (χ1v) is 7.99. The number of furan rings is 1. The Hall–Kier alpha value is -2.75. The summed E-state index contributed by atoms with van der Waals surface area (Å²) < 4.78 is 11.5. The van der Waals surface area contributed by atoms with E-state index < -0.39 is 5.25 Å². The van der Waals surface area contributed by atoms with Crippen molar-refractivity contribution in [3.05, 3.63) is 29.9 Å². The van der Waals surface area contributed by atoms with Crippen LogP contribution in [-0.2, 0) is 4.79 Å². The number of nitrogens with two attached hydrogens (primary N) is 1. The molecule has 0 aliphatic heterocycles. The standard InChI is InChI=1S/C14H16N6O3S/c1-7-6-11(19-23-7)16-13(21)9(3)24-14-18-17-12(20(14)15)10-4-5-22-8(10)2/h4-6,9H,15H2,1-3H3,(H,16,19,21). The minimum atomic E-state index is -0.452. The van der Waals surface area contributed by atoms with E-state index in [1.807, 2.05) is 6.92 Å². The summed E-state index contributed by atoms with van der Waals surface area (Å²) in [5.41, 5.74) is 0.757. The van der Waals surface area contributed by atoms with Gasteiger partial charge in [0.25, 0.3) is 0 Å². The fraction of sp³-hybridized carbons (Fsp3) is 0.286. The van der Waals surface area contributed by atoms with E-state index in [-0.39, 0.29) is 5.91 Å². The summed E-state index contributed by atoms with van der Waals surface area (Å²) in [4.78, 5) is 12.2. The molecule has 1 amide bonds. The van der Waals surface area contributed by atoms with E-state index >= 15 is 0 Å². The highest BCUT2D eigenvalue weighted by atomic mass is 32.2. The topological polar surface area (TPSA) is 125 Å². The van der Waals surface area contributed by atoms with Crippen molar-refractivity contribution in [1.29, 1.82) is 0 Å². The lowest BCUT2D eigenvalue weighted by Crippen LogP contribution is -2.23. The second-order valence-corrected chi connectivity index (χ2v) is 6.45. The highest BCUT2D eigenvalue weighted by molar-refractivity contribution is 8.00. The SMILES string of the molecule is Cc1cc(NC(=O)C(C)Sc2nnc(-c3ccoc3C)n2N)no1. The number of nitrogens with one attached hydrogen (secondary N) is 1. The second kappa shape index (κ2) is 6.40. The van der Waals surface area contributed by atoms with Crippen LogP contribution in [0.4, 0.5) is 5.82 Å². The number of aromatic nitrogens is 4. The fourth-order valence-corrected chi connectivity index (χ4v) is 2.79. The van der Waals surface area contributed by atoms with Crippen molar-refractivity contribution in [3.8, 4) is 11.4 Å². The molecule has 126 valence electrons. The molecule has 1 atom stereocenters. The second-order valence-electron chi connectivity index (χ2n) is 5.14. The largest absolute Gasteiger partial charge is 0.469 e. The normalized spacial score (nSPS) is 12.3. The van der Waals surface area contributed by atoms with Crippen LogP contribution in [0, 0.1) is 13.8 Å². The lowest BCUT2D eigenvalue weighted by Gasteiger charge is -2.09. The van der Waals surface area contributed by atoms with E-state index in [9.17, 15) is 4.79 Å². The number of thioether (sulfide) groups is 1. The van der Waals surface area contributed by atoms with Crippen LogP contribution in [0.15, 0.2) is 32.5 Å². The first-order valence-electron chi connectivity index (χ1n) is 7.11. The third kappa shape index (κ3) is 3.13. The number of hydrogen-bond donors (Lipinski definition) is 2. The van der Waals surface area contributed by atoms with Gasteiger partial charge in [-0.3, -0.25) is 4.79 Å². The third-order valence-corrected chi connectivity index (χ3v) is 4.35. The van der Waals surface area contributed by atoms with Crippen molar-refractivity contribution < 1.29 is 13.7 Å². The van der Waals surface area contributed by atoms with Crippen LogP contribution in [0.3, 0.4) is 0 Å². The Balaban J connectivity index is 1.71. The van der Waals surface area contributed by atoms with Crippen LogP contribution < -0.4 is 11.2 Å². The number of rotatable bonds is 5. The maximum Gasteiger partial charge on any atom is 0.238 e. The number of nitrogen functional groups attached to an aromatic ring is 1. The zero-order valence-corrected chi connectivity index (χ0v) is 14.1. The molecule has 3 aromatic heterocycles. The summed E-state index contributed by atoms with van der Waals surface area (Å²) in [5, 5.41) is 14.5. The van der Waals surface area contributed by atoms with Crippen LogP contribution in [0.1, 0.15) is 18.4 Å². The van der Waals surface area contributed by atoms with Gasteiger partial charge < -0.3 is 20.1 Å². The first kappa shape index (κ1) is 16.1. The Morgan fingerprint density at radius 2 is 2.21 bits per heavy atom. The quantitative estimate of drug-likeness (QED) is 0.529. The number of carbonyl (C=O) groups excluding carboxylic acids is 1. The minimum Gasteiger partial charge on any atom is -0.469 e.